The molecule has 0 aliphatic heterocycles. The van der Waals surface area contributed by atoms with Gasteiger partial charge in [0.25, 0.3) is 0 Å². The van der Waals surface area contributed by atoms with Gasteiger partial charge in [0, 0.05) is 23.9 Å². The van der Waals surface area contributed by atoms with Crippen LogP contribution in [0.2, 0.25) is 0 Å². The van der Waals surface area contributed by atoms with E-state index >= 15 is 0 Å². The molecule has 0 amide bonds. The number of nitrogens with zero attached hydrogens (tertiary/aromatic N) is 2. The fourth-order valence-electron chi connectivity index (χ4n) is 2.44. The van der Waals surface area contributed by atoms with E-state index in [9.17, 15) is 12.8 Å². The molecule has 2 aromatic carbocycles. The number of aryl methyl sites for hydroxylation is 1. The fourth-order valence-corrected chi connectivity index (χ4v) is 2.96. The molecule has 124 valence electrons. The number of benzene rings is 2. The molecule has 0 radical (unpaired) electrons. The lowest BCUT2D eigenvalue weighted by atomic mass is 10.0. The van der Waals surface area contributed by atoms with Crippen molar-refractivity contribution in [2.45, 2.75) is 18.4 Å². The molecule has 0 unspecified atom stereocenters. The average molecular weight is 345 g/mol. The summed E-state index contributed by atoms with van der Waals surface area (Å²) in [4.78, 5) is 0.0458. The van der Waals surface area contributed by atoms with Gasteiger partial charge in [-0.25, -0.2) is 17.9 Å². The first-order valence-electron chi connectivity index (χ1n) is 7.35. The van der Waals surface area contributed by atoms with Crippen molar-refractivity contribution < 1.29 is 12.8 Å². The normalized spacial score (nSPS) is 11.6. The van der Waals surface area contributed by atoms with E-state index in [1.54, 1.807) is 28.9 Å². The zero-order chi connectivity index (χ0) is 17.3. The van der Waals surface area contributed by atoms with E-state index in [0.717, 1.165) is 16.7 Å². The molecule has 2 N–H and O–H groups in total. The minimum atomic E-state index is -3.74. The zero-order valence-electron chi connectivity index (χ0n) is 13.0. The number of hydrogen-bond donors (Lipinski definition) is 1. The minimum Gasteiger partial charge on any atom is -0.272 e. The minimum absolute atomic E-state index is 0.0458. The van der Waals surface area contributed by atoms with Gasteiger partial charge in [0.1, 0.15) is 11.5 Å². The quantitative estimate of drug-likeness (QED) is 0.789. The van der Waals surface area contributed by atoms with Crippen LogP contribution in [0.3, 0.4) is 0 Å². The molecule has 0 saturated carbocycles. The van der Waals surface area contributed by atoms with Gasteiger partial charge in [-0.05, 0) is 36.8 Å². The molecule has 0 aliphatic rings. The monoisotopic (exact) mass is 345 g/mol. The molecule has 1 heterocycles. The Morgan fingerprint density at radius 2 is 1.62 bits per heavy atom. The first kappa shape index (κ1) is 16.4. The second kappa shape index (κ2) is 6.18. The van der Waals surface area contributed by atoms with Gasteiger partial charge in [-0.3, -0.25) is 4.68 Å². The third kappa shape index (κ3) is 3.22. The molecule has 0 bridgehead atoms. The van der Waals surface area contributed by atoms with Crippen LogP contribution < -0.4 is 5.14 Å². The highest BCUT2D eigenvalue weighted by Gasteiger charge is 2.14. The Bertz CT molecular complexity index is 962. The SMILES string of the molecule is CCn1cc(-c2ccc(F)cc2)c(-c2ccc(S(N)(=O)=O)cc2)n1. The summed E-state index contributed by atoms with van der Waals surface area (Å²) in [5.74, 6) is -0.305. The molecular formula is C17H16FN3O2S. The molecule has 0 atom stereocenters. The van der Waals surface area contributed by atoms with Crippen molar-refractivity contribution in [2.75, 3.05) is 0 Å². The number of nitrogens with two attached hydrogens (primary N) is 1. The Morgan fingerprint density at radius 3 is 2.17 bits per heavy atom. The van der Waals surface area contributed by atoms with Crippen molar-refractivity contribution in [1.82, 2.24) is 9.78 Å². The molecule has 0 saturated heterocycles. The number of aromatic nitrogens is 2. The van der Waals surface area contributed by atoms with Crippen LogP contribution in [0.5, 0.6) is 0 Å². The van der Waals surface area contributed by atoms with Crippen LogP contribution in [-0.2, 0) is 16.6 Å². The Labute approximate surface area is 139 Å². The van der Waals surface area contributed by atoms with Crippen LogP contribution in [0.25, 0.3) is 22.4 Å². The maximum absolute atomic E-state index is 13.2. The topological polar surface area (TPSA) is 78.0 Å². The lowest BCUT2D eigenvalue weighted by Crippen LogP contribution is -2.11. The summed E-state index contributed by atoms with van der Waals surface area (Å²) in [7, 11) is -3.74. The molecule has 3 aromatic rings. The second-order valence-electron chi connectivity index (χ2n) is 5.32. The fraction of sp³-hybridized carbons (Fsp3) is 0.118. The molecule has 0 fully saturated rings. The number of sulfonamides is 1. The first-order valence-corrected chi connectivity index (χ1v) is 8.90. The van der Waals surface area contributed by atoms with Gasteiger partial charge >= 0.3 is 0 Å². The van der Waals surface area contributed by atoms with Gasteiger partial charge in [-0.15, -0.1) is 0 Å². The molecule has 3 rings (SSSR count). The van der Waals surface area contributed by atoms with Crippen molar-refractivity contribution in [3.05, 3.63) is 60.5 Å². The molecule has 0 spiro atoms. The van der Waals surface area contributed by atoms with E-state index in [-0.39, 0.29) is 10.7 Å². The Kier molecular flexibility index (Phi) is 4.21. The highest BCUT2D eigenvalue weighted by Crippen LogP contribution is 2.31. The van der Waals surface area contributed by atoms with Crippen LogP contribution in [0, 0.1) is 5.82 Å². The van der Waals surface area contributed by atoms with Crippen molar-refractivity contribution >= 4 is 10.0 Å². The summed E-state index contributed by atoms with van der Waals surface area (Å²) in [6.07, 6.45) is 1.89. The predicted octanol–water partition coefficient (Wildman–Crippen LogP) is 3.02. The van der Waals surface area contributed by atoms with Crippen molar-refractivity contribution in [1.29, 1.82) is 0 Å². The number of primary sulfonamides is 1. The highest BCUT2D eigenvalue weighted by atomic mass is 32.2. The van der Waals surface area contributed by atoms with E-state index in [1.165, 1.54) is 24.3 Å². The summed E-state index contributed by atoms with van der Waals surface area (Å²) in [5.41, 5.74) is 3.14. The third-order valence-corrected chi connectivity index (χ3v) is 4.63. The molecular weight excluding hydrogens is 329 g/mol. The second-order valence-corrected chi connectivity index (χ2v) is 6.88. The Hall–Kier alpha value is -2.51. The van der Waals surface area contributed by atoms with Crippen LogP contribution >= 0.6 is 0 Å². The Balaban J connectivity index is 2.10. The molecule has 7 heteroatoms. The lowest BCUT2D eigenvalue weighted by molar-refractivity contribution is 0.598. The van der Waals surface area contributed by atoms with Crippen LogP contribution in [-0.4, -0.2) is 18.2 Å². The smallest absolute Gasteiger partial charge is 0.238 e. The van der Waals surface area contributed by atoms with Gasteiger partial charge < -0.3 is 0 Å². The third-order valence-electron chi connectivity index (χ3n) is 3.70. The Morgan fingerprint density at radius 1 is 1.04 bits per heavy atom. The molecule has 0 aliphatic carbocycles. The van der Waals surface area contributed by atoms with Gasteiger partial charge in [-0.2, -0.15) is 5.10 Å². The van der Waals surface area contributed by atoms with E-state index in [1.807, 2.05) is 13.1 Å². The lowest BCUT2D eigenvalue weighted by Gasteiger charge is -2.04. The van der Waals surface area contributed by atoms with E-state index < -0.39 is 10.0 Å². The number of hydrogen-bond acceptors (Lipinski definition) is 3. The van der Waals surface area contributed by atoms with E-state index in [2.05, 4.69) is 5.10 Å². The van der Waals surface area contributed by atoms with Crippen LogP contribution in [0.1, 0.15) is 6.92 Å². The summed E-state index contributed by atoms with van der Waals surface area (Å²) in [5, 5.41) is 9.66. The number of halogens is 1. The van der Waals surface area contributed by atoms with Crippen molar-refractivity contribution in [3.63, 3.8) is 0 Å². The first-order chi connectivity index (χ1) is 11.4. The maximum atomic E-state index is 13.2. The summed E-state index contributed by atoms with van der Waals surface area (Å²) in [6, 6.07) is 12.4. The van der Waals surface area contributed by atoms with Gasteiger partial charge in [0.05, 0.1) is 4.90 Å². The zero-order valence-corrected chi connectivity index (χ0v) is 13.8. The van der Waals surface area contributed by atoms with E-state index in [0.29, 0.717) is 12.2 Å². The van der Waals surface area contributed by atoms with Crippen molar-refractivity contribution in [3.8, 4) is 22.4 Å². The summed E-state index contributed by atoms with van der Waals surface area (Å²) in [6.45, 7) is 2.65. The molecule has 24 heavy (non-hydrogen) atoms. The van der Waals surface area contributed by atoms with Crippen LogP contribution in [0.4, 0.5) is 4.39 Å². The largest absolute Gasteiger partial charge is 0.272 e. The van der Waals surface area contributed by atoms with Crippen molar-refractivity contribution in [2.24, 2.45) is 5.14 Å². The van der Waals surface area contributed by atoms with Gasteiger partial charge in [0.2, 0.25) is 10.0 Å². The predicted molar refractivity (Wildman–Crippen MR) is 90.1 cm³/mol. The molecule has 1 aromatic heterocycles. The standard InChI is InChI=1S/C17H16FN3O2S/c1-2-21-11-16(12-3-7-14(18)8-4-12)17(20-21)13-5-9-15(10-6-13)24(19,22)23/h3-11H,2H2,1H3,(H2,19,22,23). The molecule has 5 nitrogen and oxygen atoms in total. The van der Waals surface area contributed by atoms with Gasteiger partial charge in [-0.1, -0.05) is 24.3 Å². The maximum Gasteiger partial charge on any atom is 0.238 e. The van der Waals surface area contributed by atoms with Crippen LogP contribution in [0.15, 0.2) is 59.6 Å². The van der Waals surface area contributed by atoms with Gasteiger partial charge in [0.15, 0.2) is 0 Å². The average Bonchev–Trinajstić information content (AvgIpc) is 2.99. The van der Waals surface area contributed by atoms with E-state index in [4.69, 9.17) is 5.14 Å². The highest BCUT2D eigenvalue weighted by molar-refractivity contribution is 7.89. The summed E-state index contributed by atoms with van der Waals surface area (Å²) >= 11 is 0. The summed E-state index contributed by atoms with van der Waals surface area (Å²) < 4.78 is 37.7. The number of rotatable bonds is 4.